The van der Waals surface area contributed by atoms with Gasteiger partial charge in [-0.3, -0.25) is 4.68 Å². The number of nitrogens with zero attached hydrogens (tertiary/aromatic N) is 2. The van der Waals surface area contributed by atoms with Crippen molar-refractivity contribution in [2.75, 3.05) is 0 Å². The van der Waals surface area contributed by atoms with E-state index in [1.54, 1.807) is 24.9 Å². The smallest absolute Gasteiger partial charge is 0.151 e. The highest BCUT2D eigenvalue weighted by atomic mass is 35.5. The predicted octanol–water partition coefficient (Wildman–Crippen LogP) is 2.67. The Labute approximate surface area is 79.9 Å². The highest BCUT2D eigenvalue weighted by molar-refractivity contribution is 6.36. The molecule has 1 aromatic carbocycles. The monoisotopic (exact) mass is 198 g/mol. The molecule has 0 N–H and O–H groups in total. The lowest BCUT2D eigenvalue weighted by Gasteiger charge is -1.98. The first-order chi connectivity index (χ1) is 6.09. The van der Waals surface area contributed by atoms with Gasteiger partial charge in [0.1, 0.15) is 5.52 Å². The third kappa shape index (κ3) is 1.20. The zero-order valence-electron chi connectivity index (χ0n) is 7.31. The molecule has 2 rings (SSSR count). The number of hydrogen-bond donors (Lipinski definition) is 0. The van der Waals surface area contributed by atoms with Gasteiger partial charge in [-0.1, -0.05) is 11.6 Å². The molecule has 1 heterocycles. The van der Waals surface area contributed by atoms with Crippen LogP contribution in [0.25, 0.3) is 10.9 Å². The molecular formula is C9H8ClFN2. The highest BCUT2D eigenvalue weighted by Gasteiger charge is 2.10. The van der Waals surface area contributed by atoms with Gasteiger partial charge >= 0.3 is 0 Å². The van der Waals surface area contributed by atoms with E-state index in [0.29, 0.717) is 15.9 Å². The minimum absolute atomic E-state index is 0.322. The summed E-state index contributed by atoms with van der Waals surface area (Å²) in [6, 6.07) is 1.40. The number of hydrogen-bond acceptors (Lipinski definition) is 1. The first-order valence-corrected chi connectivity index (χ1v) is 4.25. The van der Waals surface area contributed by atoms with Gasteiger partial charge in [0.05, 0.1) is 5.02 Å². The molecule has 0 spiro atoms. The molecule has 13 heavy (non-hydrogen) atoms. The lowest BCUT2D eigenvalue weighted by Crippen LogP contribution is -1.86. The number of aryl methyl sites for hydroxylation is 2. The van der Waals surface area contributed by atoms with Gasteiger partial charge in [0.2, 0.25) is 0 Å². The van der Waals surface area contributed by atoms with Crippen LogP contribution in [0.15, 0.2) is 12.3 Å². The van der Waals surface area contributed by atoms with Crippen molar-refractivity contribution in [2.45, 2.75) is 6.92 Å². The molecule has 0 unspecified atom stereocenters. The van der Waals surface area contributed by atoms with Crippen molar-refractivity contribution < 1.29 is 4.39 Å². The molecule has 68 valence electrons. The molecule has 0 aliphatic heterocycles. The Morgan fingerprint density at radius 3 is 2.92 bits per heavy atom. The second-order valence-electron chi connectivity index (χ2n) is 3.05. The molecule has 0 saturated heterocycles. The second kappa shape index (κ2) is 2.70. The van der Waals surface area contributed by atoms with Crippen LogP contribution in [0.5, 0.6) is 0 Å². The van der Waals surface area contributed by atoms with E-state index in [1.807, 2.05) is 0 Å². The van der Waals surface area contributed by atoms with E-state index in [-0.39, 0.29) is 5.82 Å². The van der Waals surface area contributed by atoms with Crippen LogP contribution in [0.2, 0.25) is 5.02 Å². The summed E-state index contributed by atoms with van der Waals surface area (Å²) in [6.07, 6.45) is 1.72. The van der Waals surface area contributed by atoms with Crippen molar-refractivity contribution >= 4 is 22.5 Å². The molecule has 0 aliphatic rings. The zero-order valence-corrected chi connectivity index (χ0v) is 8.06. The average molecular weight is 199 g/mol. The molecule has 0 aliphatic carbocycles. The van der Waals surface area contributed by atoms with Gasteiger partial charge < -0.3 is 0 Å². The zero-order chi connectivity index (χ0) is 9.59. The lowest BCUT2D eigenvalue weighted by molar-refractivity contribution is 0.631. The molecule has 0 amide bonds. The maximum Gasteiger partial charge on any atom is 0.151 e. The van der Waals surface area contributed by atoms with Gasteiger partial charge in [-0.25, -0.2) is 4.39 Å². The molecule has 1 aromatic heterocycles. The number of fused-ring (bicyclic) bond motifs is 1. The van der Waals surface area contributed by atoms with E-state index >= 15 is 0 Å². The fourth-order valence-corrected chi connectivity index (χ4v) is 1.55. The minimum Gasteiger partial charge on any atom is -0.274 e. The Bertz CT molecular complexity index is 476. The number of aromatic nitrogens is 2. The fourth-order valence-electron chi connectivity index (χ4n) is 1.36. The van der Waals surface area contributed by atoms with Gasteiger partial charge in [0.25, 0.3) is 0 Å². The van der Waals surface area contributed by atoms with Crippen molar-refractivity contribution in [3.63, 3.8) is 0 Å². The molecule has 0 saturated carbocycles. The summed E-state index contributed by atoms with van der Waals surface area (Å²) in [6.45, 7) is 1.78. The molecule has 0 atom stereocenters. The summed E-state index contributed by atoms with van der Waals surface area (Å²) in [5.41, 5.74) is 1.07. The Kier molecular flexibility index (Phi) is 1.77. The van der Waals surface area contributed by atoms with Crippen molar-refractivity contribution in [1.82, 2.24) is 9.78 Å². The molecule has 0 radical (unpaired) electrons. The topological polar surface area (TPSA) is 17.8 Å². The number of benzene rings is 1. The molecule has 2 nitrogen and oxygen atoms in total. The van der Waals surface area contributed by atoms with Gasteiger partial charge in [-0.15, -0.1) is 0 Å². The molecule has 0 fully saturated rings. The summed E-state index contributed by atoms with van der Waals surface area (Å²) in [7, 11) is 1.74. The first-order valence-electron chi connectivity index (χ1n) is 3.87. The maximum absolute atomic E-state index is 13.3. The lowest BCUT2D eigenvalue weighted by atomic mass is 10.2. The molecule has 0 bridgehead atoms. The van der Waals surface area contributed by atoms with Gasteiger partial charge in [0.15, 0.2) is 5.82 Å². The quantitative estimate of drug-likeness (QED) is 0.637. The van der Waals surface area contributed by atoms with E-state index in [9.17, 15) is 4.39 Å². The van der Waals surface area contributed by atoms with E-state index in [2.05, 4.69) is 5.10 Å². The molecule has 4 heteroatoms. The summed E-state index contributed by atoms with van der Waals surface area (Å²) in [5.74, 6) is -0.322. The van der Waals surface area contributed by atoms with Crippen molar-refractivity contribution in [2.24, 2.45) is 7.05 Å². The van der Waals surface area contributed by atoms with Gasteiger partial charge in [-0.05, 0) is 18.6 Å². The van der Waals surface area contributed by atoms with E-state index < -0.39 is 0 Å². The first kappa shape index (κ1) is 8.51. The van der Waals surface area contributed by atoms with Crippen molar-refractivity contribution in [3.8, 4) is 0 Å². The van der Waals surface area contributed by atoms with Crippen LogP contribution in [0, 0.1) is 12.7 Å². The normalized spacial score (nSPS) is 11.1. The third-order valence-corrected chi connectivity index (χ3v) is 2.48. The van der Waals surface area contributed by atoms with Crippen molar-refractivity contribution in [3.05, 3.63) is 28.7 Å². The average Bonchev–Trinajstić information content (AvgIpc) is 2.44. The predicted molar refractivity (Wildman–Crippen MR) is 50.4 cm³/mol. The minimum atomic E-state index is -0.322. The van der Waals surface area contributed by atoms with Crippen LogP contribution in [-0.4, -0.2) is 9.78 Å². The number of halogens is 2. The van der Waals surface area contributed by atoms with Crippen LogP contribution in [0.4, 0.5) is 4.39 Å². The van der Waals surface area contributed by atoms with E-state index in [1.165, 1.54) is 6.07 Å². The third-order valence-electron chi connectivity index (χ3n) is 1.98. The standard InChI is InChI=1S/C9H8ClFN2/c1-5-3-7(11)9-6(8(5)10)4-13(2)12-9/h3-4H,1-2H3. The van der Waals surface area contributed by atoms with Crippen LogP contribution in [-0.2, 0) is 7.05 Å². The second-order valence-corrected chi connectivity index (χ2v) is 3.43. The Morgan fingerprint density at radius 1 is 1.54 bits per heavy atom. The molecule has 2 aromatic rings. The fraction of sp³-hybridized carbons (Fsp3) is 0.222. The van der Waals surface area contributed by atoms with E-state index in [4.69, 9.17) is 11.6 Å². The van der Waals surface area contributed by atoms with Crippen LogP contribution in [0.1, 0.15) is 5.56 Å². The summed E-state index contributed by atoms with van der Waals surface area (Å²) in [4.78, 5) is 0. The Balaban J connectivity index is 2.95. The summed E-state index contributed by atoms with van der Waals surface area (Å²) < 4.78 is 14.9. The maximum atomic E-state index is 13.3. The Hall–Kier alpha value is -1.09. The largest absolute Gasteiger partial charge is 0.274 e. The van der Waals surface area contributed by atoms with Crippen molar-refractivity contribution in [1.29, 1.82) is 0 Å². The van der Waals surface area contributed by atoms with E-state index in [0.717, 1.165) is 5.56 Å². The van der Waals surface area contributed by atoms with Crippen LogP contribution >= 0.6 is 11.6 Å². The van der Waals surface area contributed by atoms with Crippen LogP contribution < -0.4 is 0 Å². The van der Waals surface area contributed by atoms with Gasteiger partial charge in [-0.2, -0.15) is 5.10 Å². The highest BCUT2D eigenvalue weighted by Crippen LogP contribution is 2.27. The van der Waals surface area contributed by atoms with Crippen LogP contribution in [0.3, 0.4) is 0 Å². The van der Waals surface area contributed by atoms with Gasteiger partial charge in [0, 0.05) is 18.6 Å². The Morgan fingerprint density at radius 2 is 2.23 bits per heavy atom. The summed E-state index contributed by atoms with van der Waals surface area (Å²) in [5, 5.41) is 5.21. The molecular weight excluding hydrogens is 191 g/mol. The SMILES string of the molecule is Cc1cc(F)c2nn(C)cc2c1Cl. The summed E-state index contributed by atoms with van der Waals surface area (Å²) >= 11 is 5.99. The number of rotatable bonds is 0.